The van der Waals surface area contributed by atoms with Gasteiger partial charge in [0.1, 0.15) is 23.4 Å². The fourth-order valence-electron chi connectivity index (χ4n) is 3.71. The first-order valence-electron chi connectivity index (χ1n) is 9.75. The molecule has 0 bridgehead atoms. The molecule has 0 fully saturated rings. The van der Waals surface area contributed by atoms with Crippen LogP contribution in [0.2, 0.25) is 0 Å². The Bertz CT molecular complexity index is 1220. The van der Waals surface area contributed by atoms with Crippen LogP contribution in [0, 0.1) is 6.92 Å². The maximum Gasteiger partial charge on any atom is 0.338 e. The minimum Gasteiger partial charge on any atom is -0.508 e. The van der Waals surface area contributed by atoms with E-state index >= 15 is 0 Å². The van der Waals surface area contributed by atoms with Gasteiger partial charge in [-0.1, -0.05) is 0 Å². The summed E-state index contributed by atoms with van der Waals surface area (Å²) in [7, 11) is 0. The molecule has 0 saturated heterocycles. The monoisotopic (exact) mass is 456 g/mol. The Morgan fingerprint density at radius 1 is 0.848 bits per heavy atom. The zero-order chi connectivity index (χ0) is 24.0. The smallest absolute Gasteiger partial charge is 0.338 e. The summed E-state index contributed by atoms with van der Waals surface area (Å²) in [5.41, 5.74) is 0.571. The fraction of sp³-hybridized carbons (Fsp3) is 0.174. The number of phenolic OH excluding ortho intramolecular Hbond substituents is 7. The van der Waals surface area contributed by atoms with Crippen molar-refractivity contribution in [3.05, 3.63) is 58.7 Å². The Labute approximate surface area is 186 Å². The van der Waals surface area contributed by atoms with Gasteiger partial charge in [-0.25, -0.2) is 4.79 Å². The average molecular weight is 456 g/mol. The van der Waals surface area contributed by atoms with Crippen LogP contribution >= 0.6 is 0 Å². The van der Waals surface area contributed by atoms with Crippen LogP contribution in [0.1, 0.15) is 33.2 Å². The number of esters is 1. The molecule has 0 saturated carbocycles. The molecule has 10 heteroatoms. The summed E-state index contributed by atoms with van der Waals surface area (Å²) in [6.07, 6.45) is -2.28. The number of phenols is 7. The Kier molecular flexibility index (Phi) is 5.21. The van der Waals surface area contributed by atoms with Crippen LogP contribution in [0.5, 0.6) is 46.0 Å². The first-order valence-corrected chi connectivity index (χ1v) is 9.75. The Morgan fingerprint density at radius 2 is 1.48 bits per heavy atom. The fourth-order valence-corrected chi connectivity index (χ4v) is 3.71. The van der Waals surface area contributed by atoms with Gasteiger partial charge in [0.15, 0.2) is 34.9 Å². The molecular weight excluding hydrogens is 436 g/mol. The predicted molar refractivity (Wildman–Crippen MR) is 112 cm³/mol. The van der Waals surface area contributed by atoms with Crippen molar-refractivity contribution in [1.82, 2.24) is 0 Å². The second-order valence-electron chi connectivity index (χ2n) is 7.70. The van der Waals surface area contributed by atoms with Gasteiger partial charge in [0.2, 0.25) is 0 Å². The molecule has 1 unspecified atom stereocenters. The summed E-state index contributed by atoms with van der Waals surface area (Å²) in [4.78, 5) is 12.8. The highest BCUT2D eigenvalue weighted by Crippen LogP contribution is 2.45. The molecule has 10 nitrogen and oxygen atoms in total. The molecule has 33 heavy (non-hydrogen) atoms. The molecule has 2 atom stereocenters. The van der Waals surface area contributed by atoms with Crippen LogP contribution in [0.25, 0.3) is 0 Å². The van der Waals surface area contributed by atoms with Gasteiger partial charge >= 0.3 is 5.97 Å². The molecule has 0 radical (unpaired) electrons. The zero-order valence-corrected chi connectivity index (χ0v) is 17.2. The van der Waals surface area contributed by atoms with E-state index in [2.05, 4.69) is 0 Å². The maximum atomic E-state index is 12.8. The molecule has 0 spiro atoms. The molecule has 172 valence electrons. The first kappa shape index (κ1) is 21.8. The molecule has 1 aliphatic heterocycles. The summed E-state index contributed by atoms with van der Waals surface area (Å²) >= 11 is 0. The highest BCUT2D eigenvalue weighted by molar-refractivity contribution is 5.90. The number of ether oxygens (including phenoxy) is 2. The number of hydrogen-bond donors (Lipinski definition) is 7. The van der Waals surface area contributed by atoms with Crippen LogP contribution in [0.15, 0.2) is 36.4 Å². The largest absolute Gasteiger partial charge is 0.508 e. The van der Waals surface area contributed by atoms with E-state index in [0.717, 1.165) is 24.3 Å². The summed E-state index contributed by atoms with van der Waals surface area (Å²) in [6, 6.07) is 6.93. The minimum atomic E-state index is -1.12. The van der Waals surface area contributed by atoms with Gasteiger partial charge in [0.25, 0.3) is 0 Å². The first-order chi connectivity index (χ1) is 15.5. The van der Waals surface area contributed by atoms with E-state index < -0.39 is 41.2 Å². The van der Waals surface area contributed by atoms with Crippen LogP contribution < -0.4 is 4.74 Å². The third-order valence-electron chi connectivity index (χ3n) is 5.36. The molecule has 0 amide bonds. The van der Waals surface area contributed by atoms with Gasteiger partial charge in [-0.15, -0.1) is 0 Å². The lowest BCUT2D eigenvalue weighted by Gasteiger charge is -2.34. The Balaban J connectivity index is 1.75. The van der Waals surface area contributed by atoms with Crippen molar-refractivity contribution in [2.24, 2.45) is 0 Å². The van der Waals surface area contributed by atoms with Crippen molar-refractivity contribution in [2.45, 2.75) is 25.6 Å². The van der Waals surface area contributed by atoms with Gasteiger partial charge in [0, 0.05) is 29.7 Å². The number of aryl methyl sites for hydroxylation is 1. The highest BCUT2D eigenvalue weighted by Gasteiger charge is 2.37. The second kappa shape index (κ2) is 7.90. The van der Waals surface area contributed by atoms with E-state index in [9.17, 15) is 40.5 Å². The number of fused-ring (bicyclic) bond motifs is 1. The maximum absolute atomic E-state index is 12.8. The molecule has 3 aromatic carbocycles. The van der Waals surface area contributed by atoms with E-state index in [4.69, 9.17) is 9.47 Å². The van der Waals surface area contributed by atoms with Crippen molar-refractivity contribution in [3.8, 4) is 46.0 Å². The second-order valence-corrected chi connectivity index (χ2v) is 7.70. The van der Waals surface area contributed by atoms with E-state index in [1.807, 2.05) is 0 Å². The van der Waals surface area contributed by atoms with Gasteiger partial charge < -0.3 is 45.2 Å². The standard InChI is InChI=1S/C23H20O10/c1-9-2-11(5-15(26)20(9)29)23(31)33-19-8-13-14(25)6-12(24)7-18(13)32-22(19)10-3-16(27)21(30)17(28)4-10/h2-7,19,22,24-30H,8H2,1H3/t19?,22-/m1/s1. The van der Waals surface area contributed by atoms with Gasteiger partial charge in [-0.05, 0) is 36.8 Å². The van der Waals surface area contributed by atoms with Gasteiger partial charge in [0.05, 0.1) is 5.56 Å². The average Bonchev–Trinajstić information content (AvgIpc) is 2.75. The van der Waals surface area contributed by atoms with Crippen molar-refractivity contribution < 1.29 is 50.0 Å². The molecule has 3 aromatic rings. The SMILES string of the molecule is Cc1cc(C(=O)OC2Cc3c(O)cc(O)cc3O[C@@H]2c2cc(O)c(O)c(O)c2)cc(O)c1O. The van der Waals surface area contributed by atoms with Crippen LogP contribution in [-0.2, 0) is 11.2 Å². The molecule has 1 aliphatic rings. The van der Waals surface area contributed by atoms with Gasteiger partial charge in [-0.3, -0.25) is 0 Å². The highest BCUT2D eigenvalue weighted by atomic mass is 16.6. The molecule has 1 heterocycles. The summed E-state index contributed by atoms with van der Waals surface area (Å²) in [5.74, 6) is -4.25. The summed E-state index contributed by atoms with van der Waals surface area (Å²) in [6.45, 7) is 1.49. The van der Waals surface area contributed by atoms with E-state index in [1.165, 1.54) is 19.1 Å². The molecular formula is C23H20O10. The number of hydrogen-bond acceptors (Lipinski definition) is 10. The third-order valence-corrected chi connectivity index (χ3v) is 5.36. The molecule has 0 aliphatic carbocycles. The number of rotatable bonds is 3. The Hall–Kier alpha value is -4.47. The van der Waals surface area contributed by atoms with Crippen LogP contribution in [0.4, 0.5) is 0 Å². The van der Waals surface area contributed by atoms with Crippen LogP contribution in [0.3, 0.4) is 0 Å². The lowest BCUT2D eigenvalue weighted by atomic mass is 9.93. The number of carbonyl (C=O) groups excluding carboxylic acids is 1. The quantitative estimate of drug-likeness (QED) is 0.229. The number of aromatic hydroxyl groups is 7. The topological polar surface area (TPSA) is 177 Å². The summed E-state index contributed by atoms with van der Waals surface area (Å²) in [5, 5.41) is 69.1. The molecule has 0 aromatic heterocycles. The normalized spacial score (nSPS) is 17.1. The molecule has 7 N–H and O–H groups in total. The van der Waals surface area contributed by atoms with E-state index in [1.54, 1.807) is 0 Å². The third kappa shape index (κ3) is 3.93. The zero-order valence-electron chi connectivity index (χ0n) is 17.2. The summed E-state index contributed by atoms with van der Waals surface area (Å²) < 4.78 is 11.4. The van der Waals surface area contributed by atoms with Crippen molar-refractivity contribution in [3.63, 3.8) is 0 Å². The van der Waals surface area contributed by atoms with Crippen molar-refractivity contribution >= 4 is 5.97 Å². The number of benzene rings is 3. The van der Waals surface area contributed by atoms with Crippen molar-refractivity contribution in [1.29, 1.82) is 0 Å². The predicted octanol–water partition coefficient (Wildman–Crippen LogP) is 2.84. The van der Waals surface area contributed by atoms with Crippen LogP contribution in [-0.4, -0.2) is 47.8 Å². The van der Waals surface area contributed by atoms with E-state index in [0.29, 0.717) is 0 Å². The number of carbonyl (C=O) groups is 1. The van der Waals surface area contributed by atoms with Gasteiger partial charge in [-0.2, -0.15) is 0 Å². The van der Waals surface area contributed by atoms with E-state index in [-0.39, 0.29) is 51.7 Å². The minimum absolute atomic E-state index is 0.0568. The lowest BCUT2D eigenvalue weighted by Crippen LogP contribution is -2.34. The lowest BCUT2D eigenvalue weighted by molar-refractivity contribution is -0.0189. The van der Waals surface area contributed by atoms with Crippen molar-refractivity contribution in [2.75, 3.05) is 0 Å². The Morgan fingerprint density at radius 3 is 2.12 bits per heavy atom. The molecule has 4 rings (SSSR count).